The predicted molar refractivity (Wildman–Crippen MR) is 125 cm³/mol. The molecule has 1 N–H and O–H groups in total. The number of rotatable bonds is 8. The fourth-order valence-electron chi connectivity index (χ4n) is 3.56. The van der Waals surface area contributed by atoms with Crippen molar-refractivity contribution in [2.45, 2.75) is 24.3 Å². The van der Waals surface area contributed by atoms with Gasteiger partial charge in [-0.3, -0.25) is 19.7 Å². The van der Waals surface area contributed by atoms with Crippen LogP contribution in [0.3, 0.4) is 0 Å². The van der Waals surface area contributed by atoms with E-state index in [2.05, 4.69) is 10.2 Å². The summed E-state index contributed by atoms with van der Waals surface area (Å²) in [4.78, 5) is 17.5. The van der Waals surface area contributed by atoms with Crippen LogP contribution in [-0.4, -0.2) is 36.7 Å². The van der Waals surface area contributed by atoms with Crippen molar-refractivity contribution in [2.24, 2.45) is 0 Å². The Kier molecular flexibility index (Phi) is 7.66. The number of hydroxylamine groups is 1. The van der Waals surface area contributed by atoms with Gasteiger partial charge in [0.25, 0.3) is 5.56 Å². The molecule has 37 heavy (non-hydrogen) atoms. The average molecular weight is 540 g/mol. The number of pyridine rings is 1. The van der Waals surface area contributed by atoms with Crippen LogP contribution in [0, 0.1) is 5.82 Å². The molecule has 2 heterocycles. The van der Waals surface area contributed by atoms with Gasteiger partial charge in [-0.2, -0.15) is 4.31 Å². The second kappa shape index (κ2) is 10.7. The van der Waals surface area contributed by atoms with Gasteiger partial charge in [-0.25, -0.2) is 12.8 Å². The van der Waals surface area contributed by atoms with Crippen molar-refractivity contribution in [3.8, 4) is 11.4 Å². The molecule has 0 unspecified atom stereocenters. The van der Waals surface area contributed by atoms with Crippen LogP contribution in [-0.2, 0) is 21.5 Å². The van der Waals surface area contributed by atoms with Crippen LogP contribution in [0.4, 0.5) is 17.6 Å². The number of hydrogen-bond donors (Lipinski definition) is 1. The monoisotopic (exact) mass is 539 g/mol. The smallest absolute Gasteiger partial charge is 0.406 e. The van der Waals surface area contributed by atoms with E-state index < -0.39 is 28.0 Å². The highest BCUT2D eigenvalue weighted by molar-refractivity contribution is 7.89. The van der Waals surface area contributed by atoms with Crippen molar-refractivity contribution in [1.29, 1.82) is 0 Å². The molecule has 2 aromatic carbocycles. The topological polar surface area (TPSA) is 89.9 Å². The second-order valence-electron chi connectivity index (χ2n) is 7.97. The van der Waals surface area contributed by atoms with Gasteiger partial charge in [0.1, 0.15) is 18.2 Å². The highest BCUT2D eigenvalue weighted by atomic mass is 32.2. The third kappa shape index (κ3) is 6.76. The summed E-state index contributed by atoms with van der Waals surface area (Å²) in [6.07, 6.45) is -1.36. The molecular formula is C24H21F4N3O5S. The lowest BCUT2D eigenvalue weighted by Gasteiger charge is -2.26. The number of nitrogens with one attached hydrogen (secondary N) is 1. The van der Waals surface area contributed by atoms with E-state index in [0.717, 1.165) is 24.3 Å². The van der Waals surface area contributed by atoms with Crippen LogP contribution in [0.15, 0.2) is 88.3 Å². The quantitative estimate of drug-likeness (QED) is 0.345. The summed E-state index contributed by atoms with van der Waals surface area (Å²) in [5.41, 5.74) is 4.29. The van der Waals surface area contributed by atoms with Gasteiger partial charge in [0.2, 0.25) is 10.0 Å². The molecule has 1 aliphatic heterocycles. The minimum atomic E-state index is -4.87. The normalized spacial score (nSPS) is 14.8. The van der Waals surface area contributed by atoms with Gasteiger partial charge in [-0.1, -0.05) is 0 Å². The van der Waals surface area contributed by atoms with Crippen molar-refractivity contribution in [2.75, 3.05) is 13.1 Å². The fourth-order valence-corrected chi connectivity index (χ4v) is 4.94. The Morgan fingerprint density at radius 2 is 1.68 bits per heavy atom. The average Bonchev–Trinajstić information content (AvgIpc) is 2.85. The third-order valence-corrected chi connectivity index (χ3v) is 7.27. The van der Waals surface area contributed by atoms with Gasteiger partial charge < -0.3 is 4.74 Å². The van der Waals surface area contributed by atoms with E-state index in [4.69, 9.17) is 4.84 Å². The summed E-state index contributed by atoms with van der Waals surface area (Å²) >= 11 is 0. The standard InChI is InChI=1S/C24H21F4N3O5S/c25-18-2-4-20(5-3-18)31-15-17(1-10-23(31)32)16-35-29-19-11-13-30(14-12-19)37(33,34)22-8-6-21(7-9-22)36-24(26,27)28/h1-11,15,29H,12-14,16H2. The molecule has 196 valence electrons. The molecule has 0 radical (unpaired) electrons. The number of ether oxygens (including phenoxy) is 1. The van der Waals surface area contributed by atoms with E-state index in [1.165, 1.54) is 39.2 Å². The predicted octanol–water partition coefficient (Wildman–Crippen LogP) is 3.87. The largest absolute Gasteiger partial charge is 0.573 e. The Balaban J connectivity index is 1.33. The molecule has 1 aromatic heterocycles. The van der Waals surface area contributed by atoms with E-state index in [1.54, 1.807) is 18.3 Å². The lowest BCUT2D eigenvalue weighted by molar-refractivity contribution is -0.274. The number of alkyl halides is 3. The van der Waals surface area contributed by atoms with Crippen molar-refractivity contribution >= 4 is 10.0 Å². The van der Waals surface area contributed by atoms with Gasteiger partial charge in [0, 0.05) is 43.2 Å². The lowest BCUT2D eigenvalue weighted by atomic mass is 10.2. The summed E-state index contributed by atoms with van der Waals surface area (Å²) in [5, 5.41) is 0. The van der Waals surface area contributed by atoms with Gasteiger partial charge >= 0.3 is 6.36 Å². The maximum atomic E-state index is 13.2. The first-order valence-electron chi connectivity index (χ1n) is 10.9. The first-order valence-corrected chi connectivity index (χ1v) is 12.4. The Bertz CT molecular complexity index is 1440. The minimum Gasteiger partial charge on any atom is -0.406 e. The molecule has 0 saturated heterocycles. The maximum absolute atomic E-state index is 13.2. The Morgan fingerprint density at radius 3 is 2.30 bits per heavy atom. The molecule has 0 amide bonds. The zero-order chi connectivity index (χ0) is 26.6. The molecule has 0 saturated carbocycles. The van der Waals surface area contributed by atoms with Gasteiger partial charge in [0.15, 0.2) is 0 Å². The van der Waals surface area contributed by atoms with Crippen LogP contribution < -0.4 is 15.8 Å². The summed E-state index contributed by atoms with van der Waals surface area (Å²) < 4.78 is 82.1. The molecule has 3 aromatic rings. The van der Waals surface area contributed by atoms with Crippen molar-refractivity contribution in [1.82, 2.24) is 14.4 Å². The SMILES string of the molecule is O=c1ccc(CONC2=CCN(S(=O)(=O)c3ccc(OC(F)(F)F)cc3)CC2)cn1-c1ccc(F)cc1. The number of aromatic nitrogens is 1. The highest BCUT2D eigenvalue weighted by Gasteiger charge is 2.31. The van der Waals surface area contributed by atoms with E-state index in [-0.39, 0.29) is 30.2 Å². The van der Waals surface area contributed by atoms with Crippen LogP contribution in [0.5, 0.6) is 5.75 Å². The Morgan fingerprint density at radius 1 is 0.973 bits per heavy atom. The molecular weight excluding hydrogens is 518 g/mol. The Hall–Kier alpha value is -3.68. The highest BCUT2D eigenvalue weighted by Crippen LogP contribution is 2.26. The fraction of sp³-hybridized carbons (Fsp3) is 0.208. The first kappa shape index (κ1) is 26.4. The van der Waals surface area contributed by atoms with Gasteiger partial charge in [-0.05, 0) is 66.2 Å². The molecule has 13 heteroatoms. The van der Waals surface area contributed by atoms with Crippen LogP contribution >= 0.6 is 0 Å². The molecule has 4 rings (SSSR count). The van der Waals surface area contributed by atoms with Crippen LogP contribution in [0.2, 0.25) is 0 Å². The number of nitrogens with zero attached hydrogens (tertiary/aromatic N) is 2. The Labute approximate surface area is 209 Å². The summed E-state index contributed by atoms with van der Waals surface area (Å²) in [6, 6.07) is 12.4. The number of halogens is 4. The van der Waals surface area contributed by atoms with Crippen LogP contribution in [0.25, 0.3) is 5.69 Å². The van der Waals surface area contributed by atoms with Gasteiger partial charge in [-0.15, -0.1) is 13.2 Å². The lowest BCUT2D eigenvalue weighted by Crippen LogP contribution is -2.36. The minimum absolute atomic E-state index is 0.0320. The van der Waals surface area contributed by atoms with E-state index in [9.17, 15) is 30.8 Å². The summed E-state index contributed by atoms with van der Waals surface area (Å²) in [5.74, 6) is -0.928. The first-order chi connectivity index (χ1) is 17.5. The molecule has 0 fully saturated rings. The third-order valence-electron chi connectivity index (χ3n) is 5.39. The maximum Gasteiger partial charge on any atom is 0.573 e. The van der Waals surface area contributed by atoms with E-state index in [0.29, 0.717) is 23.4 Å². The van der Waals surface area contributed by atoms with Crippen molar-refractivity contribution < 1.29 is 35.6 Å². The zero-order valence-corrected chi connectivity index (χ0v) is 19.9. The second-order valence-corrected chi connectivity index (χ2v) is 9.91. The number of benzene rings is 2. The number of hydrogen-bond acceptors (Lipinski definition) is 6. The molecule has 0 aliphatic carbocycles. The van der Waals surface area contributed by atoms with Crippen LogP contribution in [0.1, 0.15) is 12.0 Å². The molecule has 0 spiro atoms. The summed E-state index contributed by atoms with van der Waals surface area (Å²) in [6.45, 7) is 0.248. The number of sulfonamides is 1. The zero-order valence-electron chi connectivity index (χ0n) is 19.1. The molecule has 1 aliphatic rings. The van der Waals surface area contributed by atoms with E-state index in [1.807, 2.05) is 0 Å². The van der Waals surface area contributed by atoms with Crippen molar-refractivity contribution in [3.63, 3.8) is 0 Å². The van der Waals surface area contributed by atoms with Gasteiger partial charge in [0.05, 0.1) is 4.90 Å². The molecule has 0 bridgehead atoms. The molecule has 8 nitrogen and oxygen atoms in total. The van der Waals surface area contributed by atoms with Crippen molar-refractivity contribution in [3.05, 3.63) is 100 Å². The summed E-state index contributed by atoms with van der Waals surface area (Å²) in [7, 11) is -3.92. The van der Waals surface area contributed by atoms with E-state index >= 15 is 0 Å². The molecule has 0 atom stereocenters.